The Balaban J connectivity index is 1.20. The molecule has 2 fully saturated rings. The molecule has 1 unspecified atom stereocenters. The number of fused-ring (bicyclic) bond motifs is 1. The third-order valence-electron chi connectivity index (χ3n) is 7.79. The molecule has 4 aromatic carbocycles. The number of benzene rings is 4. The summed E-state index contributed by atoms with van der Waals surface area (Å²) in [4.78, 5) is 18.1. The van der Waals surface area contributed by atoms with Gasteiger partial charge in [-0.1, -0.05) is 91.0 Å². The lowest BCUT2D eigenvalue weighted by Crippen LogP contribution is -2.40. The first-order chi connectivity index (χ1) is 18.7. The van der Waals surface area contributed by atoms with Crippen molar-refractivity contribution in [1.82, 2.24) is 9.80 Å². The molecule has 4 nitrogen and oxygen atoms in total. The fourth-order valence-electron chi connectivity index (χ4n) is 5.93. The van der Waals surface area contributed by atoms with Crippen molar-refractivity contribution in [1.29, 1.82) is 0 Å². The van der Waals surface area contributed by atoms with Crippen LogP contribution in [0.15, 0.2) is 109 Å². The second-order valence-electron chi connectivity index (χ2n) is 10.3. The van der Waals surface area contributed by atoms with Gasteiger partial charge in [0.2, 0.25) is 5.91 Å². The van der Waals surface area contributed by atoms with Gasteiger partial charge in [0, 0.05) is 37.2 Å². The molecule has 1 amide bonds. The number of nitrogens with zero attached hydrogens (tertiary/aromatic N) is 2. The quantitative estimate of drug-likeness (QED) is 0.278. The number of amides is 1. The normalized spacial score (nSPS) is 21.0. The molecule has 4 aromatic rings. The van der Waals surface area contributed by atoms with Gasteiger partial charge in [-0.25, -0.2) is 4.39 Å². The summed E-state index contributed by atoms with van der Waals surface area (Å²) in [5.41, 5.74) is 4.08. The van der Waals surface area contributed by atoms with E-state index < -0.39 is 0 Å². The molecule has 0 radical (unpaired) electrons. The minimum absolute atomic E-state index is 0.124. The summed E-state index contributed by atoms with van der Waals surface area (Å²) in [7, 11) is 0. The molecule has 0 aliphatic carbocycles. The van der Waals surface area contributed by atoms with E-state index in [0.717, 1.165) is 25.1 Å². The van der Waals surface area contributed by atoms with Gasteiger partial charge in [-0.3, -0.25) is 9.69 Å². The number of hydrogen-bond donors (Lipinski definition) is 0. The smallest absolute Gasteiger partial charge is 0.240 e. The van der Waals surface area contributed by atoms with Gasteiger partial charge in [-0.05, 0) is 41.3 Å². The van der Waals surface area contributed by atoms with Crippen molar-refractivity contribution in [3.63, 3.8) is 0 Å². The highest BCUT2D eigenvalue weighted by atomic mass is 19.1. The fraction of sp³-hybridized carbons (Fsp3) is 0.242. The Kier molecular flexibility index (Phi) is 6.93. The molecule has 0 bridgehead atoms. The van der Waals surface area contributed by atoms with Gasteiger partial charge < -0.3 is 9.64 Å². The Hall–Kier alpha value is -3.96. The van der Waals surface area contributed by atoms with Crippen LogP contribution < -0.4 is 4.74 Å². The fourth-order valence-corrected chi connectivity index (χ4v) is 5.93. The molecule has 6 rings (SSSR count). The van der Waals surface area contributed by atoms with Gasteiger partial charge in [-0.2, -0.15) is 0 Å². The van der Waals surface area contributed by atoms with Crippen molar-refractivity contribution in [2.75, 3.05) is 6.54 Å². The molecule has 5 heteroatoms. The van der Waals surface area contributed by atoms with Gasteiger partial charge in [0.15, 0.2) is 0 Å². The highest BCUT2D eigenvalue weighted by Crippen LogP contribution is 2.45. The number of ether oxygens (including phenoxy) is 1. The highest BCUT2D eigenvalue weighted by molar-refractivity contribution is 5.85. The lowest BCUT2D eigenvalue weighted by atomic mass is 9.98. The standard InChI is InChI=1S/C33H31FN2O2/c34-30-14-8-7-13-27(30)23-38-29-17-15-26(16-18-29)31-19-28-22-35(20-24-9-3-1-4-10-24)33(37)32(28)36(31)21-25-11-5-2-6-12-25/h1-18,28,31-32H,19-23H2/t28?,31-,32-/m1/s1. The number of likely N-dealkylation sites (tertiary alicyclic amines) is 2. The Morgan fingerprint density at radius 3 is 2.08 bits per heavy atom. The maximum atomic E-state index is 14.0. The first-order valence-electron chi connectivity index (χ1n) is 13.2. The van der Waals surface area contributed by atoms with E-state index in [1.807, 2.05) is 47.4 Å². The minimum Gasteiger partial charge on any atom is -0.489 e. The molecular formula is C33H31FN2O2. The van der Waals surface area contributed by atoms with Gasteiger partial charge in [-0.15, -0.1) is 0 Å². The van der Waals surface area contributed by atoms with Crippen LogP contribution in [0.3, 0.4) is 0 Å². The number of rotatable bonds is 8. The summed E-state index contributed by atoms with van der Waals surface area (Å²) in [6, 6.07) is 35.4. The molecule has 0 N–H and O–H groups in total. The molecule has 0 spiro atoms. The summed E-state index contributed by atoms with van der Waals surface area (Å²) >= 11 is 0. The van der Waals surface area contributed by atoms with Crippen LogP contribution in [0, 0.1) is 11.7 Å². The van der Waals surface area contributed by atoms with Gasteiger partial charge >= 0.3 is 0 Å². The van der Waals surface area contributed by atoms with Gasteiger partial charge in [0.25, 0.3) is 0 Å². The molecule has 0 aromatic heterocycles. The Bertz CT molecular complexity index is 1380. The second kappa shape index (κ2) is 10.8. The van der Waals surface area contributed by atoms with Crippen molar-refractivity contribution in [3.05, 3.63) is 137 Å². The highest BCUT2D eigenvalue weighted by Gasteiger charge is 2.51. The monoisotopic (exact) mass is 506 g/mol. The van der Waals surface area contributed by atoms with Crippen LogP contribution in [0.4, 0.5) is 4.39 Å². The predicted molar refractivity (Wildman–Crippen MR) is 146 cm³/mol. The first-order valence-corrected chi connectivity index (χ1v) is 13.2. The third-order valence-corrected chi connectivity index (χ3v) is 7.79. The van der Waals surface area contributed by atoms with E-state index >= 15 is 0 Å². The topological polar surface area (TPSA) is 32.8 Å². The average Bonchev–Trinajstić information content (AvgIpc) is 3.45. The molecule has 0 saturated carbocycles. The maximum Gasteiger partial charge on any atom is 0.240 e. The first kappa shape index (κ1) is 24.4. The van der Waals surface area contributed by atoms with Crippen molar-refractivity contribution >= 4 is 5.91 Å². The van der Waals surface area contributed by atoms with Crippen LogP contribution in [0.2, 0.25) is 0 Å². The zero-order valence-electron chi connectivity index (χ0n) is 21.2. The number of carbonyl (C=O) groups is 1. The van der Waals surface area contributed by atoms with E-state index in [1.165, 1.54) is 17.2 Å². The average molecular weight is 507 g/mol. The molecule has 2 saturated heterocycles. The largest absolute Gasteiger partial charge is 0.489 e. The molecule has 3 atom stereocenters. The van der Waals surface area contributed by atoms with Crippen LogP contribution in [0.25, 0.3) is 0 Å². The Morgan fingerprint density at radius 1 is 0.763 bits per heavy atom. The van der Waals surface area contributed by atoms with Gasteiger partial charge in [0.1, 0.15) is 18.2 Å². The second-order valence-corrected chi connectivity index (χ2v) is 10.3. The van der Waals surface area contributed by atoms with Crippen molar-refractivity contribution in [2.24, 2.45) is 5.92 Å². The van der Waals surface area contributed by atoms with Crippen LogP contribution >= 0.6 is 0 Å². The van der Waals surface area contributed by atoms with Gasteiger partial charge in [0.05, 0.1) is 6.04 Å². The summed E-state index contributed by atoms with van der Waals surface area (Å²) < 4.78 is 19.8. The van der Waals surface area contributed by atoms with E-state index in [4.69, 9.17) is 4.74 Å². The van der Waals surface area contributed by atoms with Crippen LogP contribution in [0.5, 0.6) is 5.75 Å². The summed E-state index contributed by atoms with van der Waals surface area (Å²) in [6.07, 6.45) is 0.934. The van der Waals surface area contributed by atoms with Crippen molar-refractivity contribution in [3.8, 4) is 5.75 Å². The third kappa shape index (κ3) is 5.07. The minimum atomic E-state index is -0.260. The predicted octanol–water partition coefficient (Wildman–Crippen LogP) is 6.38. The lowest BCUT2D eigenvalue weighted by Gasteiger charge is -2.30. The molecule has 38 heavy (non-hydrogen) atoms. The Morgan fingerprint density at radius 2 is 1.39 bits per heavy atom. The zero-order chi connectivity index (χ0) is 25.9. The molecule has 2 heterocycles. The van der Waals surface area contributed by atoms with Crippen molar-refractivity contribution in [2.45, 2.75) is 38.2 Å². The van der Waals surface area contributed by atoms with E-state index in [1.54, 1.807) is 12.1 Å². The SMILES string of the molecule is O=C1[C@H]2C(C[C@H](c3ccc(OCc4ccccc4F)cc3)N2Cc2ccccc2)CN1Cc1ccccc1. The van der Waals surface area contributed by atoms with Crippen LogP contribution in [-0.2, 0) is 24.5 Å². The lowest BCUT2D eigenvalue weighted by molar-refractivity contribution is -0.133. The number of carbonyl (C=O) groups excluding carboxylic acids is 1. The van der Waals surface area contributed by atoms with E-state index in [2.05, 4.69) is 53.4 Å². The van der Waals surface area contributed by atoms with Crippen molar-refractivity contribution < 1.29 is 13.9 Å². The number of halogens is 1. The summed E-state index contributed by atoms with van der Waals surface area (Å²) in [6.45, 7) is 2.35. The molecule has 2 aliphatic rings. The maximum absolute atomic E-state index is 14.0. The molecular weight excluding hydrogens is 475 g/mol. The van der Waals surface area contributed by atoms with Crippen LogP contribution in [-0.4, -0.2) is 28.3 Å². The van der Waals surface area contributed by atoms with Crippen LogP contribution in [0.1, 0.15) is 34.7 Å². The summed E-state index contributed by atoms with van der Waals surface area (Å²) in [5.74, 6) is 0.957. The van der Waals surface area contributed by atoms with E-state index in [9.17, 15) is 9.18 Å². The Labute approximate surface area is 223 Å². The zero-order valence-corrected chi connectivity index (χ0v) is 21.2. The summed E-state index contributed by atoms with van der Waals surface area (Å²) in [5, 5.41) is 0. The van der Waals surface area contributed by atoms with E-state index in [0.29, 0.717) is 17.9 Å². The van der Waals surface area contributed by atoms with E-state index in [-0.39, 0.29) is 36.3 Å². The molecule has 2 aliphatic heterocycles. The number of hydrogen-bond acceptors (Lipinski definition) is 3. The molecule has 192 valence electrons.